The maximum atomic E-state index is 6.21. The minimum Gasteiger partial charge on any atom is -0.299 e. The van der Waals surface area contributed by atoms with E-state index in [-0.39, 0.29) is 5.38 Å². The van der Waals surface area contributed by atoms with E-state index in [9.17, 15) is 0 Å². The number of piperidine rings is 1. The van der Waals surface area contributed by atoms with E-state index in [1.165, 1.54) is 12.8 Å². The maximum absolute atomic E-state index is 6.21. The Morgan fingerprint density at radius 1 is 1.28 bits per heavy atom. The fraction of sp³-hybridized carbons (Fsp3) is 0.571. The Kier molecular flexibility index (Phi) is 5.20. The van der Waals surface area contributed by atoms with Crippen LogP contribution in [0.5, 0.6) is 0 Å². The van der Waals surface area contributed by atoms with Gasteiger partial charge in [-0.15, -0.1) is 11.6 Å². The van der Waals surface area contributed by atoms with Crippen molar-refractivity contribution in [3.8, 4) is 0 Å². The third-order valence-electron chi connectivity index (χ3n) is 3.71. The predicted molar refractivity (Wildman–Crippen MR) is 79.8 cm³/mol. The van der Waals surface area contributed by atoms with Crippen LogP contribution in [0.3, 0.4) is 0 Å². The fourth-order valence-corrected chi connectivity index (χ4v) is 3.11. The molecule has 0 bridgehead atoms. The average molecular weight is 307 g/mol. The van der Waals surface area contributed by atoms with Gasteiger partial charge in [-0.25, -0.2) is 0 Å². The van der Waals surface area contributed by atoms with E-state index in [1.54, 1.807) is 0 Å². The first-order valence-electron chi connectivity index (χ1n) is 6.37. The third kappa shape index (κ3) is 3.54. The Bertz CT molecular complexity index is 398. The van der Waals surface area contributed by atoms with Crippen molar-refractivity contribution in [2.45, 2.75) is 31.7 Å². The van der Waals surface area contributed by atoms with Crippen molar-refractivity contribution in [2.24, 2.45) is 5.92 Å². The van der Waals surface area contributed by atoms with Crippen molar-refractivity contribution in [3.05, 3.63) is 33.8 Å². The fourth-order valence-electron chi connectivity index (χ4n) is 2.48. The molecule has 1 saturated heterocycles. The van der Waals surface area contributed by atoms with E-state index < -0.39 is 0 Å². The standard InChI is InChI=1S/C14H18Cl3N/c1-10(15)11-5-7-18(8-6-11)9-12-3-2-4-13(16)14(12)17/h2-4,10-11H,5-9H2,1H3. The van der Waals surface area contributed by atoms with Crippen molar-refractivity contribution in [1.29, 1.82) is 0 Å². The molecule has 100 valence electrons. The van der Waals surface area contributed by atoms with Crippen LogP contribution >= 0.6 is 34.8 Å². The SMILES string of the molecule is CC(Cl)C1CCN(Cc2cccc(Cl)c2Cl)CC1. The summed E-state index contributed by atoms with van der Waals surface area (Å²) >= 11 is 18.4. The minimum atomic E-state index is 0.280. The molecule has 4 heteroatoms. The van der Waals surface area contributed by atoms with E-state index >= 15 is 0 Å². The molecule has 1 atom stereocenters. The molecule has 18 heavy (non-hydrogen) atoms. The molecule has 2 rings (SSSR count). The highest BCUT2D eigenvalue weighted by molar-refractivity contribution is 6.42. The lowest BCUT2D eigenvalue weighted by atomic mass is 9.94. The zero-order valence-corrected chi connectivity index (χ0v) is 12.8. The van der Waals surface area contributed by atoms with Gasteiger partial charge in [0.05, 0.1) is 10.0 Å². The van der Waals surface area contributed by atoms with E-state index in [0.717, 1.165) is 25.2 Å². The summed E-state index contributed by atoms with van der Waals surface area (Å²) in [6.07, 6.45) is 2.34. The van der Waals surface area contributed by atoms with Gasteiger partial charge in [-0.1, -0.05) is 35.3 Å². The molecular weight excluding hydrogens is 289 g/mol. The summed E-state index contributed by atoms with van der Waals surface area (Å²) in [6, 6.07) is 5.83. The monoisotopic (exact) mass is 305 g/mol. The lowest BCUT2D eigenvalue weighted by Crippen LogP contribution is -2.35. The molecular formula is C14H18Cl3N. The summed E-state index contributed by atoms with van der Waals surface area (Å²) in [5, 5.41) is 1.60. The molecule has 0 spiro atoms. The summed E-state index contributed by atoms with van der Waals surface area (Å²) < 4.78 is 0. The molecule has 1 heterocycles. The van der Waals surface area contributed by atoms with Gasteiger partial charge >= 0.3 is 0 Å². The second-order valence-electron chi connectivity index (χ2n) is 5.00. The minimum absolute atomic E-state index is 0.280. The molecule has 1 unspecified atom stereocenters. The second kappa shape index (κ2) is 6.47. The van der Waals surface area contributed by atoms with Gasteiger partial charge in [-0.3, -0.25) is 4.90 Å². The number of halogens is 3. The van der Waals surface area contributed by atoms with Crippen LogP contribution in [0.2, 0.25) is 10.0 Å². The Labute approximate surface area is 124 Å². The van der Waals surface area contributed by atoms with Gasteiger partial charge in [0, 0.05) is 11.9 Å². The molecule has 0 aromatic heterocycles. The number of hydrogen-bond acceptors (Lipinski definition) is 1. The molecule has 1 nitrogen and oxygen atoms in total. The lowest BCUT2D eigenvalue weighted by Gasteiger charge is -2.33. The molecule has 0 radical (unpaired) electrons. The Morgan fingerprint density at radius 3 is 2.56 bits per heavy atom. The predicted octanol–water partition coefficient (Wildman–Crippen LogP) is 4.83. The van der Waals surface area contributed by atoms with Crippen LogP contribution < -0.4 is 0 Å². The van der Waals surface area contributed by atoms with Crippen molar-refractivity contribution in [2.75, 3.05) is 13.1 Å². The number of rotatable bonds is 3. The van der Waals surface area contributed by atoms with Crippen LogP contribution in [0.15, 0.2) is 18.2 Å². The highest BCUT2D eigenvalue weighted by Crippen LogP contribution is 2.29. The topological polar surface area (TPSA) is 3.24 Å². The molecule has 0 N–H and O–H groups in total. The molecule has 1 fully saturated rings. The molecule has 1 aromatic rings. The highest BCUT2D eigenvalue weighted by Gasteiger charge is 2.23. The summed E-state index contributed by atoms with van der Waals surface area (Å²) in [7, 11) is 0. The van der Waals surface area contributed by atoms with Gasteiger partial charge in [0.15, 0.2) is 0 Å². The van der Waals surface area contributed by atoms with Crippen molar-refractivity contribution < 1.29 is 0 Å². The molecule has 0 aliphatic carbocycles. The quantitative estimate of drug-likeness (QED) is 0.723. The van der Waals surface area contributed by atoms with Gasteiger partial charge < -0.3 is 0 Å². The lowest BCUT2D eigenvalue weighted by molar-refractivity contribution is 0.176. The number of likely N-dealkylation sites (tertiary alicyclic amines) is 1. The van der Waals surface area contributed by atoms with E-state index in [0.29, 0.717) is 16.0 Å². The van der Waals surface area contributed by atoms with Crippen molar-refractivity contribution in [3.63, 3.8) is 0 Å². The van der Waals surface area contributed by atoms with E-state index in [4.69, 9.17) is 34.8 Å². The first-order valence-corrected chi connectivity index (χ1v) is 7.56. The normalized spacial score (nSPS) is 20.0. The van der Waals surface area contributed by atoms with Crippen LogP contribution in [0.1, 0.15) is 25.3 Å². The number of alkyl halides is 1. The van der Waals surface area contributed by atoms with E-state index in [1.807, 2.05) is 18.2 Å². The Balaban J connectivity index is 1.94. The van der Waals surface area contributed by atoms with Gasteiger partial charge in [0.1, 0.15) is 0 Å². The zero-order valence-electron chi connectivity index (χ0n) is 10.5. The molecule has 1 aliphatic heterocycles. The van der Waals surface area contributed by atoms with Crippen LogP contribution in [-0.4, -0.2) is 23.4 Å². The van der Waals surface area contributed by atoms with Crippen LogP contribution in [0, 0.1) is 5.92 Å². The van der Waals surface area contributed by atoms with Crippen LogP contribution in [-0.2, 0) is 6.54 Å². The summed E-state index contributed by atoms with van der Waals surface area (Å²) in [6.45, 7) is 5.15. The summed E-state index contributed by atoms with van der Waals surface area (Å²) in [5.74, 6) is 0.651. The van der Waals surface area contributed by atoms with Gasteiger partial charge in [0.25, 0.3) is 0 Å². The smallest absolute Gasteiger partial charge is 0.0637 e. The van der Waals surface area contributed by atoms with Crippen LogP contribution in [0.4, 0.5) is 0 Å². The highest BCUT2D eigenvalue weighted by atomic mass is 35.5. The first-order chi connectivity index (χ1) is 8.58. The first kappa shape index (κ1) is 14.5. The maximum Gasteiger partial charge on any atom is 0.0637 e. The van der Waals surface area contributed by atoms with Gasteiger partial charge in [-0.05, 0) is 50.4 Å². The largest absolute Gasteiger partial charge is 0.299 e. The Morgan fingerprint density at radius 2 is 1.94 bits per heavy atom. The number of benzene rings is 1. The van der Waals surface area contributed by atoms with E-state index in [2.05, 4.69) is 11.8 Å². The van der Waals surface area contributed by atoms with Crippen LogP contribution in [0.25, 0.3) is 0 Å². The Hall–Kier alpha value is 0.0500. The molecule has 0 amide bonds. The average Bonchev–Trinajstić information content (AvgIpc) is 2.36. The van der Waals surface area contributed by atoms with Gasteiger partial charge in [0.2, 0.25) is 0 Å². The van der Waals surface area contributed by atoms with Crippen molar-refractivity contribution in [1.82, 2.24) is 4.90 Å². The summed E-state index contributed by atoms with van der Waals surface area (Å²) in [4.78, 5) is 2.42. The summed E-state index contributed by atoms with van der Waals surface area (Å²) in [5.41, 5.74) is 1.11. The molecule has 0 saturated carbocycles. The van der Waals surface area contributed by atoms with Gasteiger partial charge in [-0.2, -0.15) is 0 Å². The third-order valence-corrected chi connectivity index (χ3v) is 4.92. The second-order valence-corrected chi connectivity index (χ2v) is 6.48. The molecule has 1 aromatic carbocycles. The number of hydrogen-bond donors (Lipinski definition) is 0. The number of nitrogens with zero attached hydrogens (tertiary/aromatic N) is 1. The van der Waals surface area contributed by atoms with Crippen molar-refractivity contribution >= 4 is 34.8 Å². The molecule has 1 aliphatic rings. The zero-order chi connectivity index (χ0) is 13.1.